The van der Waals surface area contributed by atoms with Crippen LogP contribution in [0.1, 0.15) is 10.4 Å². The van der Waals surface area contributed by atoms with Crippen molar-refractivity contribution >= 4 is 43.5 Å². The zero-order valence-electron chi connectivity index (χ0n) is 10.4. The Hall–Kier alpha value is -1.40. The maximum absolute atomic E-state index is 13.8. The number of hydrogen-bond acceptors (Lipinski definition) is 2. The van der Waals surface area contributed by atoms with Gasteiger partial charge in [-0.3, -0.25) is 4.79 Å². The molecule has 0 aliphatic rings. The molecule has 0 bridgehead atoms. The van der Waals surface area contributed by atoms with Crippen molar-refractivity contribution in [3.8, 4) is 5.75 Å². The first-order valence-corrected chi connectivity index (χ1v) is 7.20. The minimum atomic E-state index is -0.586. The average molecular weight is 403 g/mol. The lowest BCUT2D eigenvalue weighted by atomic mass is 10.2. The highest BCUT2D eigenvalue weighted by molar-refractivity contribution is 9.10. The molecule has 2 aromatic carbocycles. The highest BCUT2D eigenvalue weighted by atomic mass is 79.9. The molecular weight excluding hydrogens is 393 g/mol. The number of ether oxygens (including phenoxy) is 1. The van der Waals surface area contributed by atoms with Gasteiger partial charge in [-0.15, -0.1) is 0 Å². The lowest BCUT2D eigenvalue weighted by Crippen LogP contribution is -2.14. The minimum absolute atomic E-state index is 0.0219. The Morgan fingerprint density at radius 2 is 1.95 bits per heavy atom. The minimum Gasteiger partial charge on any atom is -0.496 e. The maximum atomic E-state index is 13.8. The first kappa shape index (κ1) is 15.0. The number of carbonyl (C=O) groups excluding carboxylic acids is 1. The van der Waals surface area contributed by atoms with Crippen LogP contribution in [0, 0.1) is 5.82 Å². The van der Waals surface area contributed by atoms with Crippen LogP contribution < -0.4 is 10.1 Å². The van der Waals surface area contributed by atoms with E-state index in [1.807, 2.05) is 0 Å². The van der Waals surface area contributed by atoms with Crippen LogP contribution in [0.4, 0.5) is 10.1 Å². The maximum Gasteiger partial charge on any atom is 0.258 e. The summed E-state index contributed by atoms with van der Waals surface area (Å²) in [7, 11) is 1.55. The summed E-state index contributed by atoms with van der Waals surface area (Å²) in [6.45, 7) is 0. The van der Waals surface area contributed by atoms with Gasteiger partial charge in [0.15, 0.2) is 0 Å². The number of halogens is 3. The quantitative estimate of drug-likeness (QED) is 0.813. The van der Waals surface area contributed by atoms with E-state index in [2.05, 4.69) is 37.2 Å². The van der Waals surface area contributed by atoms with Crippen LogP contribution in [0.25, 0.3) is 0 Å². The summed E-state index contributed by atoms with van der Waals surface area (Å²) in [6.07, 6.45) is 0. The Kier molecular flexibility index (Phi) is 4.77. The number of nitrogens with one attached hydrogen (secondary N) is 1. The molecule has 1 N–H and O–H groups in total. The van der Waals surface area contributed by atoms with Crippen LogP contribution >= 0.6 is 31.9 Å². The Morgan fingerprint density at radius 3 is 2.60 bits per heavy atom. The lowest BCUT2D eigenvalue weighted by molar-refractivity contribution is 0.102. The Morgan fingerprint density at radius 1 is 1.20 bits per heavy atom. The standard InChI is InChI=1S/C14H10Br2FNO2/c1-20-12-6-5-8(7-11(12)16)18-14(19)9-3-2-4-10(15)13(9)17/h2-7H,1H3,(H,18,19). The van der Waals surface area contributed by atoms with Gasteiger partial charge >= 0.3 is 0 Å². The zero-order valence-corrected chi connectivity index (χ0v) is 13.6. The summed E-state index contributed by atoms with van der Waals surface area (Å²) in [4.78, 5) is 12.0. The van der Waals surface area contributed by atoms with Crippen LogP contribution in [-0.4, -0.2) is 13.0 Å². The van der Waals surface area contributed by atoms with Gasteiger partial charge in [0, 0.05) is 5.69 Å². The molecule has 2 rings (SSSR count). The Labute approximate surface area is 132 Å². The number of methoxy groups -OCH3 is 1. The largest absolute Gasteiger partial charge is 0.496 e. The molecule has 0 heterocycles. The molecule has 2 aromatic rings. The van der Waals surface area contributed by atoms with Gasteiger partial charge in [-0.2, -0.15) is 0 Å². The first-order valence-electron chi connectivity index (χ1n) is 5.62. The van der Waals surface area contributed by atoms with E-state index < -0.39 is 11.7 Å². The third kappa shape index (κ3) is 3.19. The van der Waals surface area contributed by atoms with Crippen LogP contribution in [0.2, 0.25) is 0 Å². The van der Waals surface area contributed by atoms with Gasteiger partial charge in [0.1, 0.15) is 11.6 Å². The van der Waals surface area contributed by atoms with E-state index in [1.165, 1.54) is 12.1 Å². The smallest absolute Gasteiger partial charge is 0.258 e. The fourth-order valence-electron chi connectivity index (χ4n) is 1.62. The van der Waals surface area contributed by atoms with Gasteiger partial charge in [0.05, 0.1) is 21.6 Å². The number of amides is 1. The van der Waals surface area contributed by atoms with Crippen LogP contribution in [0.3, 0.4) is 0 Å². The van der Waals surface area contributed by atoms with E-state index in [1.54, 1.807) is 31.4 Å². The van der Waals surface area contributed by atoms with E-state index >= 15 is 0 Å². The van der Waals surface area contributed by atoms with Gasteiger partial charge in [-0.05, 0) is 62.2 Å². The summed E-state index contributed by atoms with van der Waals surface area (Å²) in [5.74, 6) is -0.449. The van der Waals surface area contributed by atoms with Gasteiger partial charge in [0.25, 0.3) is 5.91 Å². The first-order chi connectivity index (χ1) is 9.52. The molecule has 0 aromatic heterocycles. The highest BCUT2D eigenvalue weighted by Gasteiger charge is 2.14. The fraction of sp³-hybridized carbons (Fsp3) is 0.0714. The molecule has 20 heavy (non-hydrogen) atoms. The van der Waals surface area contributed by atoms with Crippen molar-refractivity contribution in [3.05, 3.63) is 56.7 Å². The molecule has 0 spiro atoms. The van der Waals surface area contributed by atoms with Crippen molar-refractivity contribution in [3.63, 3.8) is 0 Å². The molecule has 3 nitrogen and oxygen atoms in total. The van der Waals surface area contributed by atoms with Gasteiger partial charge in [-0.1, -0.05) is 6.07 Å². The third-order valence-electron chi connectivity index (χ3n) is 2.61. The molecule has 0 saturated carbocycles. The summed E-state index contributed by atoms with van der Waals surface area (Å²) in [6, 6.07) is 9.64. The molecule has 0 aliphatic heterocycles. The topological polar surface area (TPSA) is 38.3 Å². The van der Waals surface area contributed by atoms with Crippen molar-refractivity contribution in [2.24, 2.45) is 0 Å². The number of anilines is 1. The summed E-state index contributed by atoms with van der Waals surface area (Å²) in [5.41, 5.74) is 0.522. The predicted octanol–water partition coefficient (Wildman–Crippen LogP) is 4.61. The third-order valence-corrected chi connectivity index (χ3v) is 3.84. The molecular formula is C14H10Br2FNO2. The Bertz CT molecular complexity index is 662. The molecule has 1 amide bonds. The van der Waals surface area contributed by atoms with E-state index in [-0.39, 0.29) is 10.0 Å². The molecule has 0 fully saturated rings. The van der Waals surface area contributed by atoms with Gasteiger partial charge in [0.2, 0.25) is 0 Å². The molecule has 0 saturated heterocycles. The number of carbonyl (C=O) groups is 1. The average Bonchev–Trinajstić information content (AvgIpc) is 2.42. The van der Waals surface area contributed by atoms with Crippen molar-refractivity contribution < 1.29 is 13.9 Å². The van der Waals surface area contributed by atoms with Crippen LogP contribution in [0.15, 0.2) is 45.3 Å². The predicted molar refractivity (Wildman–Crippen MR) is 82.7 cm³/mol. The zero-order chi connectivity index (χ0) is 14.7. The normalized spacial score (nSPS) is 10.2. The van der Waals surface area contributed by atoms with Gasteiger partial charge < -0.3 is 10.1 Å². The lowest BCUT2D eigenvalue weighted by Gasteiger charge is -2.09. The summed E-state index contributed by atoms with van der Waals surface area (Å²) >= 11 is 6.37. The molecule has 0 aliphatic carbocycles. The highest BCUT2D eigenvalue weighted by Crippen LogP contribution is 2.28. The van der Waals surface area contributed by atoms with Crippen molar-refractivity contribution in [1.82, 2.24) is 0 Å². The molecule has 0 unspecified atom stereocenters. The van der Waals surface area contributed by atoms with E-state index in [0.29, 0.717) is 15.9 Å². The van der Waals surface area contributed by atoms with Crippen LogP contribution in [-0.2, 0) is 0 Å². The van der Waals surface area contributed by atoms with E-state index in [0.717, 1.165) is 0 Å². The Balaban J connectivity index is 2.24. The second-order valence-corrected chi connectivity index (χ2v) is 5.61. The molecule has 6 heteroatoms. The van der Waals surface area contributed by atoms with Crippen molar-refractivity contribution in [2.75, 3.05) is 12.4 Å². The van der Waals surface area contributed by atoms with Crippen LogP contribution in [0.5, 0.6) is 5.75 Å². The number of benzene rings is 2. The van der Waals surface area contributed by atoms with E-state index in [9.17, 15) is 9.18 Å². The molecule has 0 atom stereocenters. The summed E-state index contributed by atoms with van der Waals surface area (Å²) in [5, 5.41) is 2.63. The molecule has 104 valence electrons. The van der Waals surface area contributed by atoms with E-state index in [4.69, 9.17) is 4.74 Å². The second-order valence-electron chi connectivity index (χ2n) is 3.90. The fourth-order valence-corrected chi connectivity index (χ4v) is 2.53. The second kappa shape index (κ2) is 6.37. The molecule has 0 radical (unpaired) electrons. The monoisotopic (exact) mass is 401 g/mol. The van der Waals surface area contributed by atoms with Gasteiger partial charge in [-0.25, -0.2) is 4.39 Å². The van der Waals surface area contributed by atoms with Crippen molar-refractivity contribution in [1.29, 1.82) is 0 Å². The number of hydrogen-bond donors (Lipinski definition) is 1. The summed E-state index contributed by atoms with van der Waals surface area (Å²) < 4.78 is 19.9. The number of rotatable bonds is 3. The van der Waals surface area contributed by atoms with Crippen molar-refractivity contribution in [2.45, 2.75) is 0 Å². The SMILES string of the molecule is COc1ccc(NC(=O)c2cccc(Br)c2F)cc1Br.